The van der Waals surface area contributed by atoms with E-state index in [4.69, 9.17) is 10.8 Å². The van der Waals surface area contributed by atoms with Gasteiger partial charge in [-0.1, -0.05) is 26.7 Å². The summed E-state index contributed by atoms with van der Waals surface area (Å²) in [5.74, 6) is 0.0766. The van der Waals surface area contributed by atoms with Crippen LogP contribution in [0.2, 0.25) is 0 Å². The minimum atomic E-state index is -0.423. The van der Waals surface area contributed by atoms with Crippen LogP contribution in [0.4, 0.5) is 0 Å². The van der Waals surface area contributed by atoms with Gasteiger partial charge in [0.1, 0.15) is 0 Å². The highest BCUT2D eigenvalue weighted by Gasteiger charge is 2.37. The first-order chi connectivity index (χ1) is 7.57. The van der Waals surface area contributed by atoms with Crippen LogP contribution in [-0.2, 0) is 4.79 Å². The van der Waals surface area contributed by atoms with Crippen LogP contribution < -0.4 is 5.73 Å². The number of hydrogen-bond donors (Lipinski definition) is 2. The summed E-state index contributed by atoms with van der Waals surface area (Å²) in [7, 11) is 1.73. The summed E-state index contributed by atoms with van der Waals surface area (Å²) in [4.78, 5) is 13.9. The smallest absolute Gasteiger partial charge is 0.229 e. The first-order valence-electron chi connectivity index (χ1n) is 6.14. The Morgan fingerprint density at radius 2 is 1.81 bits per heavy atom. The summed E-state index contributed by atoms with van der Waals surface area (Å²) in [6.07, 6.45) is 3.56. The molecule has 0 saturated heterocycles. The lowest BCUT2D eigenvalue weighted by atomic mass is 9.78. The zero-order valence-electron chi connectivity index (χ0n) is 10.8. The van der Waals surface area contributed by atoms with Gasteiger partial charge in [0, 0.05) is 20.1 Å². The Balaban J connectivity index is 4.77. The Morgan fingerprint density at radius 3 is 2.12 bits per heavy atom. The number of carbonyl (C=O) groups is 1. The lowest BCUT2D eigenvalue weighted by Crippen LogP contribution is -2.47. The molecule has 0 aliphatic carbocycles. The molecule has 0 aromatic carbocycles. The molecule has 0 heterocycles. The zero-order valence-corrected chi connectivity index (χ0v) is 10.8. The lowest BCUT2D eigenvalue weighted by Gasteiger charge is -2.34. The lowest BCUT2D eigenvalue weighted by molar-refractivity contribution is -0.141. The monoisotopic (exact) mass is 230 g/mol. The first-order valence-corrected chi connectivity index (χ1v) is 6.14. The van der Waals surface area contributed by atoms with Crippen LogP contribution in [0.25, 0.3) is 0 Å². The summed E-state index contributed by atoms with van der Waals surface area (Å²) in [6, 6.07) is 0. The van der Waals surface area contributed by atoms with Crippen LogP contribution in [0.3, 0.4) is 0 Å². The predicted molar refractivity (Wildman–Crippen MR) is 66.0 cm³/mol. The van der Waals surface area contributed by atoms with E-state index in [1.54, 1.807) is 11.9 Å². The molecule has 0 atom stereocenters. The van der Waals surface area contributed by atoms with Crippen LogP contribution in [0.1, 0.15) is 39.5 Å². The van der Waals surface area contributed by atoms with Gasteiger partial charge in [0.15, 0.2) is 0 Å². The third-order valence-corrected chi connectivity index (χ3v) is 3.08. The molecule has 4 nitrogen and oxygen atoms in total. The van der Waals surface area contributed by atoms with Crippen molar-refractivity contribution in [3.8, 4) is 0 Å². The molecule has 0 aliphatic heterocycles. The van der Waals surface area contributed by atoms with Crippen molar-refractivity contribution < 1.29 is 9.90 Å². The number of aliphatic hydroxyl groups is 1. The maximum atomic E-state index is 12.3. The largest absolute Gasteiger partial charge is 0.395 e. The van der Waals surface area contributed by atoms with Crippen molar-refractivity contribution in [1.29, 1.82) is 0 Å². The topological polar surface area (TPSA) is 66.6 Å². The van der Waals surface area contributed by atoms with Crippen LogP contribution in [0, 0.1) is 5.41 Å². The molecule has 0 rings (SSSR count). The molecule has 0 spiro atoms. The van der Waals surface area contributed by atoms with Gasteiger partial charge in [0.05, 0.1) is 12.0 Å². The third kappa shape index (κ3) is 3.76. The fourth-order valence-electron chi connectivity index (χ4n) is 2.24. The number of likely N-dealkylation sites (N-methyl/N-ethyl adjacent to an activating group) is 1. The molecular formula is C12H26N2O2. The van der Waals surface area contributed by atoms with Gasteiger partial charge < -0.3 is 15.7 Å². The average molecular weight is 230 g/mol. The first kappa shape index (κ1) is 15.4. The number of aliphatic hydroxyl groups excluding tert-OH is 1. The van der Waals surface area contributed by atoms with Crippen molar-refractivity contribution in [2.75, 3.05) is 26.7 Å². The standard InChI is InChI=1S/C12H26N2O2/c1-4-6-12(10-13,7-5-2)11(16)14(3)8-9-15/h15H,4-10,13H2,1-3H3. The molecule has 0 radical (unpaired) electrons. The van der Waals surface area contributed by atoms with Crippen LogP contribution in [0.5, 0.6) is 0 Å². The van der Waals surface area contributed by atoms with Gasteiger partial charge in [-0.2, -0.15) is 0 Å². The molecule has 0 aromatic heterocycles. The van der Waals surface area contributed by atoms with Gasteiger partial charge in [-0.25, -0.2) is 0 Å². The van der Waals surface area contributed by atoms with Crippen LogP contribution >= 0.6 is 0 Å². The second-order valence-electron chi connectivity index (χ2n) is 4.43. The van der Waals surface area contributed by atoms with Gasteiger partial charge in [0.2, 0.25) is 5.91 Å². The third-order valence-electron chi connectivity index (χ3n) is 3.08. The summed E-state index contributed by atoms with van der Waals surface area (Å²) in [5.41, 5.74) is 5.38. The minimum Gasteiger partial charge on any atom is -0.395 e. The van der Waals surface area contributed by atoms with E-state index in [9.17, 15) is 4.79 Å². The van der Waals surface area contributed by atoms with Gasteiger partial charge in [0.25, 0.3) is 0 Å². The van der Waals surface area contributed by atoms with Gasteiger partial charge in [-0.15, -0.1) is 0 Å². The maximum Gasteiger partial charge on any atom is 0.229 e. The number of rotatable bonds is 8. The molecule has 0 saturated carbocycles. The van der Waals surface area contributed by atoms with Crippen molar-refractivity contribution >= 4 is 5.91 Å². The Hall–Kier alpha value is -0.610. The molecule has 0 bridgehead atoms. The summed E-state index contributed by atoms with van der Waals surface area (Å²) >= 11 is 0. The highest BCUT2D eigenvalue weighted by atomic mass is 16.3. The molecule has 0 aliphatic rings. The molecule has 0 aromatic rings. The Bertz CT molecular complexity index is 201. The van der Waals surface area contributed by atoms with Crippen molar-refractivity contribution in [3.05, 3.63) is 0 Å². The molecule has 4 heteroatoms. The molecule has 3 N–H and O–H groups in total. The fourth-order valence-corrected chi connectivity index (χ4v) is 2.24. The van der Waals surface area contributed by atoms with Gasteiger partial charge in [-0.3, -0.25) is 4.79 Å². The van der Waals surface area contributed by atoms with Gasteiger partial charge >= 0.3 is 0 Å². The summed E-state index contributed by atoms with van der Waals surface area (Å²) < 4.78 is 0. The molecule has 0 fully saturated rings. The van der Waals surface area contributed by atoms with E-state index in [1.807, 2.05) is 0 Å². The van der Waals surface area contributed by atoms with E-state index >= 15 is 0 Å². The summed E-state index contributed by atoms with van der Waals surface area (Å²) in [5, 5.41) is 8.86. The van der Waals surface area contributed by atoms with E-state index in [0.717, 1.165) is 25.7 Å². The van der Waals surface area contributed by atoms with Crippen molar-refractivity contribution in [2.24, 2.45) is 11.1 Å². The van der Waals surface area contributed by atoms with Crippen molar-refractivity contribution in [3.63, 3.8) is 0 Å². The normalized spacial score (nSPS) is 11.6. The number of amides is 1. The Kier molecular flexibility index (Phi) is 7.34. The summed E-state index contributed by atoms with van der Waals surface area (Å²) in [6.45, 7) is 4.91. The van der Waals surface area contributed by atoms with Crippen LogP contribution in [0.15, 0.2) is 0 Å². The van der Waals surface area contributed by atoms with E-state index in [2.05, 4.69) is 13.8 Å². The second kappa shape index (κ2) is 7.63. The second-order valence-corrected chi connectivity index (χ2v) is 4.43. The van der Waals surface area contributed by atoms with E-state index in [1.165, 1.54) is 0 Å². The maximum absolute atomic E-state index is 12.3. The molecule has 1 amide bonds. The highest BCUT2D eigenvalue weighted by molar-refractivity contribution is 5.82. The molecule has 16 heavy (non-hydrogen) atoms. The molecular weight excluding hydrogens is 204 g/mol. The fraction of sp³-hybridized carbons (Fsp3) is 0.917. The quantitative estimate of drug-likeness (QED) is 0.653. The highest BCUT2D eigenvalue weighted by Crippen LogP contribution is 2.30. The van der Waals surface area contributed by atoms with E-state index in [-0.39, 0.29) is 12.5 Å². The van der Waals surface area contributed by atoms with Gasteiger partial charge in [-0.05, 0) is 12.8 Å². The number of nitrogens with two attached hydrogens (primary N) is 1. The van der Waals surface area contributed by atoms with Crippen molar-refractivity contribution in [1.82, 2.24) is 4.90 Å². The number of nitrogens with zero attached hydrogens (tertiary/aromatic N) is 1. The van der Waals surface area contributed by atoms with Crippen molar-refractivity contribution in [2.45, 2.75) is 39.5 Å². The Labute approximate surface area is 98.8 Å². The zero-order chi connectivity index (χ0) is 12.6. The predicted octanol–water partition coefficient (Wildman–Crippen LogP) is 0.982. The SMILES string of the molecule is CCCC(CN)(CCC)C(=O)N(C)CCO. The van der Waals surface area contributed by atoms with Crippen LogP contribution in [-0.4, -0.2) is 42.7 Å². The van der Waals surface area contributed by atoms with E-state index in [0.29, 0.717) is 13.1 Å². The minimum absolute atomic E-state index is 0.00113. The molecule has 0 unspecified atom stereocenters. The average Bonchev–Trinajstić information content (AvgIpc) is 2.28. The number of hydrogen-bond acceptors (Lipinski definition) is 3. The molecule has 96 valence electrons. The number of carbonyl (C=O) groups excluding carboxylic acids is 1. The Morgan fingerprint density at radius 1 is 1.31 bits per heavy atom. The van der Waals surface area contributed by atoms with E-state index < -0.39 is 5.41 Å².